The first kappa shape index (κ1) is 29.4. The van der Waals surface area contributed by atoms with Crippen molar-refractivity contribution >= 4 is 12.0 Å². The second-order valence-electron chi connectivity index (χ2n) is 12.9. The maximum Gasteiger partial charge on any atom is 0.328 e. The Hall–Kier alpha value is -3.69. The Morgan fingerprint density at radius 3 is 2.65 bits per heavy atom. The fourth-order valence-corrected chi connectivity index (χ4v) is 6.76. The van der Waals surface area contributed by atoms with Gasteiger partial charge in [0.05, 0.1) is 36.2 Å². The smallest absolute Gasteiger partial charge is 0.328 e. The van der Waals surface area contributed by atoms with E-state index >= 15 is 0 Å². The molecule has 0 radical (unpaired) electrons. The minimum absolute atomic E-state index is 0.150. The van der Waals surface area contributed by atoms with Crippen LogP contribution in [0.5, 0.6) is 11.5 Å². The average Bonchev–Trinajstić information content (AvgIpc) is 3.61. The predicted octanol–water partition coefficient (Wildman–Crippen LogP) is 6.27. The fourth-order valence-electron chi connectivity index (χ4n) is 6.76. The van der Waals surface area contributed by atoms with Crippen LogP contribution < -0.4 is 9.47 Å². The number of ether oxygens (including phenoxy) is 3. The Kier molecular flexibility index (Phi) is 7.81. The summed E-state index contributed by atoms with van der Waals surface area (Å²) in [6.07, 6.45) is 7.38. The Bertz CT molecular complexity index is 1540. The van der Waals surface area contributed by atoms with Gasteiger partial charge in [0.15, 0.2) is 11.5 Å². The van der Waals surface area contributed by atoms with Crippen LogP contribution in [-0.2, 0) is 28.4 Å². The lowest BCUT2D eigenvalue weighted by atomic mass is 9.88. The van der Waals surface area contributed by atoms with Gasteiger partial charge in [-0.2, -0.15) is 0 Å². The largest absolute Gasteiger partial charge is 0.478 e. The molecule has 3 aromatic rings. The molecule has 2 atom stereocenters. The molecule has 9 heteroatoms. The Labute approximate surface area is 252 Å². The van der Waals surface area contributed by atoms with Crippen molar-refractivity contribution in [3.63, 3.8) is 0 Å². The summed E-state index contributed by atoms with van der Waals surface area (Å²) in [4.78, 5) is 18.3. The van der Waals surface area contributed by atoms with Crippen LogP contribution >= 0.6 is 0 Å². The maximum absolute atomic E-state index is 14.9. The molecule has 228 valence electrons. The van der Waals surface area contributed by atoms with Crippen LogP contribution in [0.4, 0.5) is 4.39 Å². The lowest BCUT2D eigenvalue weighted by Gasteiger charge is -2.32. The number of aryl methyl sites for hydroxylation is 1. The molecule has 3 aliphatic rings. The van der Waals surface area contributed by atoms with E-state index in [4.69, 9.17) is 19.2 Å². The summed E-state index contributed by atoms with van der Waals surface area (Å²) >= 11 is 0. The van der Waals surface area contributed by atoms with Gasteiger partial charge in [-0.25, -0.2) is 14.2 Å². The monoisotopic (exact) mass is 589 g/mol. The number of imidazole rings is 1. The summed E-state index contributed by atoms with van der Waals surface area (Å²) < 4.78 is 35.6. The number of likely N-dealkylation sites (tertiary alicyclic amines) is 1. The number of benzene rings is 2. The van der Waals surface area contributed by atoms with E-state index in [-0.39, 0.29) is 17.3 Å². The normalized spacial score (nSPS) is 23.8. The van der Waals surface area contributed by atoms with Crippen molar-refractivity contribution in [2.24, 2.45) is 5.92 Å². The van der Waals surface area contributed by atoms with E-state index in [9.17, 15) is 14.3 Å². The summed E-state index contributed by atoms with van der Waals surface area (Å²) in [5.74, 6) is 0.365. The molecule has 2 saturated heterocycles. The molecule has 43 heavy (non-hydrogen) atoms. The van der Waals surface area contributed by atoms with E-state index < -0.39 is 11.8 Å². The van der Waals surface area contributed by atoms with E-state index in [1.165, 1.54) is 12.1 Å². The minimum atomic E-state index is -1.22. The zero-order valence-electron chi connectivity index (χ0n) is 25.3. The summed E-state index contributed by atoms with van der Waals surface area (Å²) in [6, 6.07) is 11.1. The highest BCUT2D eigenvalue weighted by molar-refractivity contribution is 5.84. The third-order valence-electron chi connectivity index (χ3n) is 8.91. The van der Waals surface area contributed by atoms with E-state index in [0.29, 0.717) is 36.1 Å². The summed E-state index contributed by atoms with van der Waals surface area (Å²) in [7, 11) is 0. The minimum Gasteiger partial charge on any atom is -0.478 e. The van der Waals surface area contributed by atoms with Crippen molar-refractivity contribution in [2.75, 3.05) is 19.7 Å². The van der Waals surface area contributed by atoms with Gasteiger partial charge in [-0.15, -0.1) is 0 Å². The van der Waals surface area contributed by atoms with Gasteiger partial charge in [0.1, 0.15) is 11.6 Å². The van der Waals surface area contributed by atoms with Crippen molar-refractivity contribution in [3.05, 3.63) is 82.7 Å². The molecular weight excluding hydrogens is 549 g/mol. The van der Waals surface area contributed by atoms with Crippen molar-refractivity contribution in [2.45, 2.75) is 77.4 Å². The molecule has 3 aliphatic heterocycles. The van der Waals surface area contributed by atoms with E-state index in [1.807, 2.05) is 25.1 Å². The molecule has 8 nitrogen and oxygen atoms in total. The first-order valence-electron chi connectivity index (χ1n) is 15.1. The Balaban J connectivity index is 1.14. The van der Waals surface area contributed by atoms with Crippen molar-refractivity contribution in [3.8, 4) is 11.5 Å². The van der Waals surface area contributed by atoms with E-state index in [1.54, 1.807) is 25.3 Å². The molecule has 2 fully saturated rings. The quantitative estimate of drug-likeness (QED) is 0.310. The first-order chi connectivity index (χ1) is 20.5. The summed E-state index contributed by atoms with van der Waals surface area (Å²) in [5.41, 5.74) is 2.97. The molecule has 0 unspecified atom stereocenters. The number of aromatic nitrogens is 2. The second-order valence-corrected chi connectivity index (χ2v) is 12.9. The number of halogens is 1. The standard InChI is InChI=1S/C34H40FN3O5/c1-22-8-10-27(28(35)16-22)34(4)42-29-7-5-6-26(32(29)43-34)24-12-14-37(15-13-24)20-30-36-18-25(9-11-31(39)40)38(30)19-23-17-33(2,3)41-21-23/h5-11,16,18,23-24H,12-15,17,19-21H2,1-4H3,(H,39,40)/b11-9+/t23-,34-/m0/s1. The second kappa shape index (κ2) is 11.4. The van der Waals surface area contributed by atoms with Crippen LogP contribution in [0, 0.1) is 18.7 Å². The molecule has 2 aromatic carbocycles. The summed E-state index contributed by atoms with van der Waals surface area (Å²) in [6.45, 7) is 11.7. The number of carboxylic acids is 1. The molecule has 4 heterocycles. The van der Waals surface area contributed by atoms with Crippen LogP contribution in [0.2, 0.25) is 0 Å². The molecule has 0 amide bonds. The molecular formula is C34H40FN3O5. The Morgan fingerprint density at radius 2 is 1.95 bits per heavy atom. The van der Waals surface area contributed by atoms with Gasteiger partial charge >= 0.3 is 5.97 Å². The number of aliphatic carboxylic acids is 1. The van der Waals surface area contributed by atoms with E-state index in [0.717, 1.165) is 61.5 Å². The molecule has 6 rings (SSSR count). The van der Waals surface area contributed by atoms with Gasteiger partial charge in [-0.1, -0.05) is 18.2 Å². The first-order valence-corrected chi connectivity index (χ1v) is 15.1. The third-order valence-corrected chi connectivity index (χ3v) is 8.91. The van der Waals surface area contributed by atoms with Crippen LogP contribution in [-0.4, -0.2) is 50.8 Å². The van der Waals surface area contributed by atoms with Crippen molar-refractivity contribution in [1.82, 2.24) is 14.5 Å². The lowest BCUT2D eigenvalue weighted by Crippen LogP contribution is -2.34. The molecule has 1 N–H and O–H groups in total. The molecule has 1 aromatic heterocycles. The van der Waals surface area contributed by atoms with Crippen LogP contribution in [0.15, 0.2) is 48.7 Å². The zero-order valence-corrected chi connectivity index (χ0v) is 25.3. The SMILES string of the molecule is Cc1ccc([C@@]2(C)Oc3cccc(C4CCN(Cc5ncc(/C=C/C(=O)O)n5C[C@H]5COC(C)(C)C5)CC4)c3O2)c(F)c1. The average molecular weight is 590 g/mol. The number of piperidine rings is 1. The van der Waals surface area contributed by atoms with Gasteiger partial charge in [-0.3, -0.25) is 4.90 Å². The van der Waals surface area contributed by atoms with Gasteiger partial charge in [0.25, 0.3) is 5.79 Å². The van der Waals surface area contributed by atoms with Crippen molar-refractivity contribution < 1.29 is 28.5 Å². The van der Waals surface area contributed by atoms with Gasteiger partial charge in [0.2, 0.25) is 0 Å². The highest BCUT2D eigenvalue weighted by atomic mass is 19.1. The third kappa shape index (κ3) is 6.19. The van der Waals surface area contributed by atoms with Crippen LogP contribution in [0.3, 0.4) is 0 Å². The lowest BCUT2D eigenvalue weighted by molar-refractivity contribution is -0.131. The predicted molar refractivity (Wildman–Crippen MR) is 160 cm³/mol. The highest BCUT2D eigenvalue weighted by Gasteiger charge is 2.43. The Morgan fingerprint density at radius 1 is 1.16 bits per heavy atom. The van der Waals surface area contributed by atoms with E-state index in [2.05, 4.69) is 29.4 Å². The highest BCUT2D eigenvalue weighted by Crippen LogP contribution is 2.49. The summed E-state index contributed by atoms with van der Waals surface area (Å²) in [5, 5.41) is 9.19. The molecule has 0 aliphatic carbocycles. The number of para-hydroxylation sites is 1. The topological polar surface area (TPSA) is 86.1 Å². The van der Waals surface area contributed by atoms with Gasteiger partial charge < -0.3 is 23.9 Å². The molecule has 0 saturated carbocycles. The number of rotatable bonds is 8. The number of hydrogen-bond acceptors (Lipinski definition) is 6. The van der Waals surface area contributed by atoms with Crippen molar-refractivity contribution in [1.29, 1.82) is 0 Å². The van der Waals surface area contributed by atoms with Crippen LogP contribution in [0.25, 0.3) is 6.08 Å². The molecule has 0 bridgehead atoms. The zero-order chi connectivity index (χ0) is 30.4. The number of carbonyl (C=O) groups is 1. The number of nitrogens with zero attached hydrogens (tertiary/aromatic N) is 3. The number of hydrogen-bond donors (Lipinski definition) is 1. The van der Waals surface area contributed by atoms with Crippen LogP contribution in [0.1, 0.15) is 74.2 Å². The number of carboxylic acid groups (broad SMARTS) is 1. The molecule has 0 spiro atoms. The fraction of sp³-hybridized carbons (Fsp3) is 0.471. The number of fused-ring (bicyclic) bond motifs is 1. The maximum atomic E-state index is 14.9. The van der Waals surface area contributed by atoms with Gasteiger partial charge in [0, 0.05) is 31.0 Å². The van der Waals surface area contributed by atoms with Gasteiger partial charge in [-0.05, 0) is 88.9 Å².